The number of nitrogens with zero attached hydrogens (tertiary/aromatic N) is 1. The van der Waals surface area contributed by atoms with E-state index in [2.05, 4.69) is 49.7 Å². The molecule has 15 heavy (non-hydrogen) atoms. The lowest BCUT2D eigenvalue weighted by atomic mass is 9.84. The third kappa shape index (κ3) is 2.53. The monoisotopic (exact) mass is 202 g/mol. The number of anilines is 1. The van der Waals surface area contributed by atoms with Crippen LogP contribution in [0.15, 0.2) is 24.3 Å². The Morgan fingerprint density at radius 3 is 2.40 bits per heavy atom. The van der Waals surface area contributed by atoms with E-state index >= 15 is 0 Å². The van der Waals surface area contributed by atoms with Crippen molar-refractivity contribution in [2.45, 2.75) is 31.6 Å². The summed E-state index contributed by atoms with van der Waals surface area (Å²) in [5, 5.41) is 0. The van der Waals surface area contributed by atoms with Gasteiger partial charge in [0.05, 0.1) is 0 Å². The molecule has 1 fully saturated rings. The third-order valence-electron chi connectivity index (χ3n) is 3.29. The Morgan fingerprint density at radius 1 is 1.13 bits per heavy atom. The van der Waals surface area contributed by atoms with Crippen LogP contribution in [0.2, 0.25) is 0 Å². The van der Waals surface area contributed by atoms with Crippen molar-refractivity contribution in [1.82, 2.24) is 0 Å². The highest BCUT2D eigenvalue weighted by molar-refractivity contribution is 5.46. The Morgan fingerprint density at radius 2 is 1.87 bits per heavy atom. The average Bonchev–Trinajstić information content (AvgIpc) is 2.30. The van der Waals surface area contributed by atoms with Crippen molar-refractivity contribution in [2.75, 3.05) is 19.0 Å². The molecular weight excluding hydrogens is 182 g/mol. The molecule has 0 aromatic heterocycles. The van der Waals surface area contributed by atoms with Crippen LogP contribution in [0.3, 0.4) is 0 Å². The van der Waals surface area contributed by atoms with Crippen molar-refractivity contribution < 1.29 is 0 Å². The number of rotatable bonds is 2. The van der Waals surface area contributed by atoms with E-state index in [-0.39, 0.29) is 0 Å². The van der Waals surface area contributed by atoms with E-state index in [0.29, 0.717) is 0 Å². The molecule has 1 atom stereocenters. The highest BCUT2D eigenvalue weighted by Gasteiger charge is 2.15. The molecule has 0 amide bonds. The maximum atomic E-state index is 2.44. The van der Waals surface area contributed by atoms with Gasteiger partial charge in [-0.25, -0.2) is 0 Å². The second-order valence-electron chi connectivity index (χ2n) is 4.64. The van der Waals surface area contributed by atoms with E-state index in [9.17, 15) is 0 Å². The summed E-state index contributed by atoms with van der Waals surface area (Å²) in [5.41, 5.74) is 2.80. The molecule has 1 unspecified atom stereocenters. The van der Waals surface area contributed by atoms with Crippen molar-refractivity contribution in [1.29, 1.82) is 0 Å². The van der Waals surface area contributed by atoms with Gasteiger partial charge < -0.3 is 4.90 Å². The topological polar surface area (TPSA) is 3.24 Å². The Hall–Kier alpha value is -0.980. The van der Waals surface area contributed by atoms with Gasteiger partial charge in [0, 0.05) is 19.8 Å². The zero-order valence-electron chi connectivity index (χ0n) is 9.74. The van der Waals surface area contributed by atoms with Crippen molar-refractivity contribution >= 4 is 5.69 Å². The summed E-state index contributed by atoms with van der Waals surface area (Å²) < 4.78 is 0. The van der Waals surface area contributed by atoms with Crippen LogP contribution < -0.4 is 4.90 Å². The molecule has 0 saturated heterocycles. The van der Waals surface area contributed by atoms with Crippen LogP contribution in [0.5, 0.6) is 0 Å². The lowest BCUT2D eigenvalue weighted by molar-refractivity contribution is 0.517. The second-order valence-corrected chi connectivity index (χ2v) is 4.64. The van der Waals surface area contributed by atoms with Crippen molar-refractivity contribution in [3.63, 3.8) is 0 Å². The lowest BCUT2D eigenvalue weighted by Crippen LogP contribution is -2.09. The van der Waals surface area contributed by atoms with Crippen LogP contribution >= 0.6 is 0 Å². The van der Waals surface area contributed by atoms with Gasteiger partial charge in [0.2, 0.25) is 0 Å². The minimum atomic E-state index is 0.773. The minimum absolute atomic E-state index is 0.773. The molecule has 1 radical (unpaired) electrons. The summed E-state index contributed by atoms with van der Waals surface area (Å²) in [6.45, 7) is 0. The SMILES string of the molecule is CN(C)c1ccc(C2C[CH]CCC2)cc1. The second kappa shape index (κ2) is 4.69. The summed E-state index contributed by atoms with van der Waals surface area (Å²) in [4.78, 5) is 2.15. The highest BCUT2D eigenvalue weighted by atomic mass is 15.1. The molecule has 0 heterocycles. The Kier molecular flexibility index (Phi) is 3.30. The molecule has 1 nitrogen and oxygen atoms in total. The minimum Gasteiger partial charge on any atom is -0.378 e. The fraction of sp³-hybridized carbons (Fsp3) is 0.500. The quantitative estimate of drug-likeness (QED) is 0.708. The van der Waals surface area contributed by atoms with E-state index in [4.69, 9.17) is 0 Å². The third-order valence-corrected chi connectivity index (χ3v) is 3.29. The van der Waals surface area contributed by atoms with Crippen LogP contribution in [0.1, 0.15) is 37.2 Å². The van der Waals surface area contributed by atoms with E-state index in [1.807, 2.05) is 0 Å². The van der Waals surface area contributed by atoms with E-state index in [0.717, 1.165) is 5.92 Å². The molecule has 1 saturated carbocycles. The molecule has 0 spiro atoms. The van der Waals surface area contributed by atoms with Crippen molar-refractivity contribution in [2.24, 2.45) is 0 Å². The van der Waals surface area contributed by atoms with Gasteiger partial charge in [-0.15, -0.1) is 0 Å². The van der Waals surface area contributed by atoms with Gasteiger partial charge in [-0.3, -0.25) is 0 Å². The largest absolute Gasteiger partial charge is 0.378 e. The number of hydrogen-bond donors (Lipinski definition) is 0. The van der Waals surface area contributed by atoms with Gasteiger partial charge in [0.25, 0.3) is 0 Å². The fourth-order valence-corrected chi connectivity index (χ4v) is 2.29. The first-order chi connectivity index (χ1) is 7.27. The summed E-state index contributed by atoms with van der Waals surface area (Å²) in [5.74, 6) is 0.773. The molecule has 0 aliphatic heterocycles. The molecular formula is C14H20N. The zero-order chi connectivity index (χ0) is 10.7. The summed E-state index contributed by atoms with van der Waals surface area (Å²) in [6, 6.07) is 9.03. The van der Waals surface area contributed by atoms with E-state index in [1.54, 1.807) is 0 Å². The van der Waals surface area contributed by atoms with Crippen LogP contribution in [-0.4, -0.2) is 14.1 Å². The Balaban J connectivity index is 2.08. The number of hydrogen-bond acceptors (Lipinski definition) is 1. The highest BCUT2D eigenvalue weighted by Crippen LogP contribution is 2.32. The molecule has 0 bridgehead atoms. The molecule has 1 aliphatic carbocycles. The van der Waals surface area contributed by atoms with Crippen LogP contribution in [0, 0.1) is 6.42 Å². The summed E-state index contributed by atoms with van der Waals surface area (Å²) >= 11 is 0. The van der Waals surface area contributed by atoms with Crippen molar-refractivity contribution in [3.05, 3.63) is 36.2 Å². The maximum absolute atomic E-state index is 2.44. The predicted octanol–water partition coefficient (Wildman–Crippen LogP) is 3.61. The first-order valence-electron chi connectivity index (χ1n) is 5.86. The normalized spacial score (nSPS) is 17.7. The first kappa shape index (κ1) is 10.5. The van der Waals surface area contributed by atoms with Crippen LogP contribution in [0.25, 0.3) is 0 Å². The van der Waals surface area contributed by atoms with Gasteiger partial charge in [-0.2, -0.15) is 0 Å². The van der Waals surface area contributed by atoms with Gasteiger partial charge in [-0.05, 0) is 42.9 Å². The van der Waals surface area contributed by atoms with Gasteiger partial charge in [-0.1, -0.05) is 25.0 Å². The van der Waals surface area contributed by atoms with Crippen LogP contribution in [0.4, 0.5) is 5.69 Å². The predicted molar refractivity (Wildman–Crippen MR) is 66.3 cm³/mol. The van der Waals surface area contributed by atoms with E-state index < -0.39 is 0 Å². The molecule has 1 aromatic rings. The van der Waals surface area contributed by atoms with Gasteiger partial charge in [0.15, 0.2) is 0 Å². The van der Waals surface area contributed by atoms with Crippen LogP contribution in [-0.2, 0) is 0 Å². The summed E-state index contributed by atoms with van der Waals surface area (Å²) in [6.07, 6.45) is 7.74. The maximum Gasteiger partial charge on any atom is 0.0361 e. The van der Waals surface area contributed by atoms with E-state index in [1.165, 1.54) is 36.9 Å². The first-order valence-corrected chi connectivity index (χ1v) is 5.86. The summed E-state index contributed by atoms with van der Waals surface area (Å²) in [7, 11) is 4.17. The molecule has 1 heteroatoms. The molecule has 2 rings (SSSR count). The molecule has 1 aromatic carbocycles. The average molecular weight is 202 g/mol. The smallest absolute Gasteiger partial charge is 0.0361 e. The number of benzene rings is 1. The van der Waals surface area contributed by atoms with Gasteiger partial charge in [0.1, 0.15) is 0 Å². The molecule has 1 aliphatic rings. The van der Waals surface area contributed by atoms with Gasteiger partial charge >= 0.3 is 0 Å². The fourth-order valence-electron chi connectivity index (χ4n) is 2.29. The zero-order valence-corrected chi connectivity index (χ0v) is 9.74. The van der Waals surface area contributed by atoms with Crippen molar-refractivity contribution in [3.8, 4) is 0 Å². The Labute approximate surface area is 93.1 Å². The Bertz CT molecular complexity index is 294. The standard InChI is InChI=1S/C14H20N/c1-15(2)14-10-8-13(9-11-14)12-6-4-3-5-7-12/h4,8-12H,3,5-7H2,1-2H3. The molecule has 0 N–H and O–H groups in total. The lowest BCUT2D eigenvalue weighted by Gasteiger charge is -2.22. The molecule has 81 valence electrons.